The van der Waals surface area contributed by atoms with Crippen molar-refractivity contribution in [2.24, 2.45) is 5.92 Å². The highest BCUT2D eigenvalue weighted by Gasteiger charge is 2.17. The normalized spacial score (nSPS) is 11.9. The molecule has 0 spiro atoms. The number of carbonyl (C=O) groups is 2. The summed E-state index contributed by atoms with van der Waals surface area (Å²) in [6.07, 6.45) is -0.548. The molecule has 2 rings (SSSR count). The van der Waals surface area contributed by atoms with Crippen LogP contribution in [0.4, 0.5) is 9.18 Å². The predicted octanol–water partition coefficient (Wildman–Crippen LogP) is 2.92. The molecule has 0 radical (unpaired) electrons. The van der Waals surface area contributed by atoms with E-state index in [1.807, 2.05) is 13.8 Å². The van der Waals surface area contributed by atoms with E-state index < -0.39 is 18.0 Å². The number of carbonyl (C=O) groups excluding carboxylic acids is 2. The standard InChI is InChI=1S/C17H21FN4O4S/c1-10(2)8-19-16(24)20-14(23)9-27-17-22-21-15(26-17)11(3)25-13-6-4-12(18)5-7-13/h4-7,10-11H,8-9H2,1-3H3,(H2,19,20,23,24)/t11-/m1/s1. The molecule has 1 aromatic carbocycles. The molecule has 27 heavy (non-hydrogen) atoms. The third-order valence-electron chi connectivity index (χ3n) is 3.15. The fourth-order valence-electron chi connectivity index (χ4n) is 1.84. The van der Waals surface area contributed by atoms with Crippen molar-refractivity contribution in [1.29, 1.82) is 0 Å². The average molecular weight is 396 g/mol. The first-order chi connectivity index (χ1) is 12.8. The van der Waals surface area contributed by atoms with E-state index in [-0.39, 0.29) is 28.6 Å². The number of nitrogens with zero attached hydrogens (tertiary/aromatic N) is 2. The number of ether oxygens (including phenoxy) is 1. The highest BCUT2D eigenvalue weighted by Crippen LogP contribution is 2.23. The van der Waals surface area contributed by atoms with E-state index in [4.69, 9.17) is 9.15 Å². The van der Waals surface area contributed by atoms with Crippen LogP contribution >= 0.6 is 11.8 Å². The van der Waals surface area contributed by atoms with Gasteiger partial charge in [0.25, 0.3) is 11.1 Å². The van der Waals surface area contributed by atoms with Crippen molar-refractivity contribution in [3.8, 4) is 5.75 Å². The zero-order valence-electron chi connectivity index (χ0n) is 15.2. The van der Waals surface area contributed by atoms with Gasteiger partial charge in [-0.3, -0.25) is 10.1 Å². The number of halogens is 1. The van der Waals surface area contributed by atoms with E-state index in [9.17, 15) is 14.0 Å². The molecule has 0 aliphatic heterocycles. The predicted molar refractivity (Wildman–Crippen MR) is 96.8 cm³/mol. The van der Waals surface area contributed by atoms with Gasteiger partial charge in [0.1, 0.15) is 11.6 Å². The van der Waals surface area contributed by atoms with Crippen LogP contribution in [0.15, 0.2) is 33.9 Å². The fraction of sp³-hybridized carbons (Fsp3) is 0.412. The maximum atomic E-state index is 12.9. The van der Waals surface area contributed by atoms with Gasteiger partial charge in [0, 0.05) is 6.54 Å². The monoisotopic (exact) mass is 396 g/mol. The van der Waals surface area contributed by atoms with Crippen molar-refractivity contribution in [3.63, 3.8) is 0 Å². The molecule has 2 N–H and O–H groups in total. The number of benzene rings is 1. The number of amides is 3. The van der Waals surface area contributed by atoms with Crippen molar-refractivity contribution in [1.82, 2.24) is 20.8 Å². The van der Waals surface area contributed by atoms with Crippen LogP contribution in [0.1, 0.15) is 32.8 Å². The highest BCUT2D eigenvalue weighted by atomic mass is 32.2. The van der Waals surface area contributed by atoms with Crippen LogP contribution in [0.25, 0.3) is 0 Å². The molecule has 1 aromatic heterocycles. The third kappa shape index (κ3) is 7.26. The van der Waals surface area contributed by atoms with Gasteiger partial charge in [-0.1, -0.05) is 25.6 Å². The lowest BCUT2D eigenvalue weighted by atomic mass is 10.2. The first-order valence-corrected chi connectivity index (χ1v) is 9.28. The molecule has 0 saturated carbocycles. The van der Waals surface area contributed by atoms with Crippen molar-refractivity contribution in [2.75, 3.05) is 12.3 Å². The minimum absolute atomic E-state index is 0.0517. The summed E-state index contributed by atoms with van der Waals surface area (Å²) in [6.45, 7) is 6.08. The van der Waals surface area contributed by atoms with Crippen LogP contribution in [-0.4, -0.2) is 34.4 Å². The molecule has 1 atom stereocenters. The molecule has 1 heterocycles. The van der Waals surface area contributed by atoms with Crippen LogP contribution in [0.3, 0.4) is 0 Å². The number of imide groups is 1. The zero-order chi connectivity index (χ0) is 19.8. The summed E-state index contributed by atoms with van der Waals surface area (Å²) in [4.78, 5) is 23.3. The smallest absolute Gasteiger partial charge is 0.321 e. The molecule has 0 saturated heterocycles. The quantitative estimate of drug-likeness (QED) is 0.661. The minimum Gasteiger partial charge on any atom is -0.481 e. The van der Waals surface area contributed by atoms with E-state index in [1.165, 1.54) is 24.3 Å². The number of hydrogen-bond donors (Lipinski definition) is 2. The van der Waals surface area contributed by atoms with Gasteiger partial charge in [-0.15, -0.1) is 10.2 Å². The summed E-state index contributed by atoms with van der Waals surface area (Å²) in [5.41, 5.74) is 0. The minimum atomic E-state index is -0.548. The Balaban J connectivity index is 1.78. The largest absolute Gasteiger partial charge is 0.481 e. The number of aromatic nitrogens is 2. The number of rotatable bonds is 8. The third-order valence-corrected chi connectivity index (χ3v) is 3.97. The Morgan fingerprint density at radius 3 is 2.59 bits per heavy atom. The van der Waals surface area contributed by atoms with E-state index in [0.29, 0.717) is 12.3 Å². The molecule has 0 aliphatic carbocycles. The summed E-state index contributed by atoms with van der Waals surface area (Å²) in [7, 11) is 0. The molecule has 3 amide bonds. The van der Waals surface area contributed by atoms with Crippen molar-refractivity contribution >= 4 is 23.7 Å². The van der Waals surface area contributed by atoms with Crippen LogP contribution < -0.4 is 15.4 Å². The van der Waals surface area contributed by atoms with Gasteiger partial charge in [-0.25, -0.2) is 9.18 Å². The summed E-state index contributed by atoms with van der Waals surface area (Å²) in [5.74, 6) is 0.0830. The van der Waals surface area contributed by atoms with Gasteiger partial charge in [-0.2, -0.15) is 0 Å². The van der Waals surface area contributed by atoms with Gasteiger partial charge in [0.05, 0.1) is 5.75 Å². The molecular formula is C17H21FN4O4S. The molecule has 2 aromatic rings. The van der Waals surface area contributed by atoms with E-state index in [2.05, 4.69) is 20.8 Å². The van der Waals surface area contributed by atoms with E-state index in [1.54, 1.807) is 6.92 Å². The molecule has 10 heteroatoms. The van der Waals surface area contributed by atoms with Crippen LogP contribution in [0, 0.1) is 11.7 Å². The SMILES string of the molecule is CC(C)CNC(=O)NC(=O)CSc1nnc([C@@H](C)Oc2ccc(F)cc2)o1. The van der Waals surface area contributed by atoms with Crippen molar-refractivity contribution in [3.05, 3.63) is 36.0 Å². The van der Waals surface area contributed by atoms with Crippen molar-refractivity contribution in [2.45, 2.75) is 32.1 Å². The Hall–Kier alpha value is -2.62. The molecule has 0 bridgehead atoms. The maximum Gasteiger partial charge on any atom is 0.321 e. The van der Waals surface area contributed by atoms with Gasteiger partial charge in [-0.05, 0) is 37.1 Å². The number of hydrogen-bond acceptors (Lipinski definition) is 7. The Morgan fingerprint density at radius 2 is 1.93 bits per heavy atom. The fourth-order valence-corrected chi connectivity index (χ4v) is 2.41. The number of thioether (sulfide) groups is 1. The first-order valence-electron chi connectivity index (χ1n) is 8.29. The second-order valence-corrected chi connectivity index (χ2v) is 6.99. The van der Waals surface area contributed by atoms with Crippen molar-refractivity contribution < 1.29 is 23.1 Å². The number of urea groups is 1. The van der Waals surface area contributed by atoms with Crippen LogP contribution in [0.5, 0.6) is 5.75 Å². The Kier molecular flexibility index (Phi) is 7.59. The topological polar surface area (TPSA) is 106 Å². The average Bonchev–Trinajstić information content (AvgIpc) is 3.09. The lowest BCUT2D eigenvalue weighted by Crippen LogP contribution is -2.41. The summed E-state index contributed by atoms with van der Waals surface area (Å²) in [5, 5.41) is 12.7. The molecule has 8 nitrogen and oxygen atoms in total. The lowest BCUT2D eigenvalue weighted by Gasteiger charge is -2.10. The Labute approximate surface area is 160 Å². The number of nitrogens with one attached hydrogen (secondary N) is 2. The molecule has 0 fully saturated rings. The van der Waals surface area contributed by atoms with E-state index in [0.717, 1.165) is 11.8 Å². The van der Waals surface area contributed by atoms with Gasteiger partial charge >= 0.3 is 6.03 Å². The van der Waals surface area contributed by atoms with Crippen LogP contribution in [-0.2, 0) is 4.79 Å². The first kappa shape index (κ1) is 20.7. The second kappa shape index (κ2) is 9.91. The highest BCUT2D eigenvalue weighted by molar-refractivity contribution is 7.99. The molecule has 0 aliphatic rings. The Morgan fingerprint density at radius 1 is 1.22 bits per heavy atom. The molecular weight excluding hydrogens is 375 g/mol. The zero-order valence-corrected chi connectivity index (χ0v) is 16.0. The van der Waals surface area contributed by atoms with Gasteiger partial charge in [0.2, 0.25) is 5.91 Å². The molecule has 146 valence electrons. The lowest BCUT2D eigenvalue weighted by molar-refractivity contribution is -0.117. The van der Waals surface area contributed by atoms with Crippen LogP contribution in [0.2, 0.25) is 0 Å². The molecule has 0 unspecified atom stereocenters. The van der Waals surface area contributed by atoms with E-state index >= 15 is 0 Å². The summed E-state index contributed by atoms with van der Waals surface area (Å²) < 4.78 is 23.9. The second-order valence-electron chi connectivity index (χ2n) is 6.06. The summed E-state index contributed by atoms with van der Waals surface area (Å²) in [6, 6.07) is 5.01. The Bertz CT molecular complexity index is 767. The van der Waals surface area contributed by atoms with Gasteiger partial charge < -0.3 is 14.5 Å². The van der Waals surface area contributed by atoms with Gasteiger partial charge in [0.15, 0.2) is 6.10 Å². The summed E-state index contributed by atoms with van der Waals surface area (Å²) >= 11 is 1.00. The maximum absolute atomic E-state index is 12.9.